The summed E-state index contributed by atoms with van der Waals surface area (Å²) in [6.45, 7) is -4.78. The Morgan fingerprint density at radius 3 is 2.57 bits per heavy atom. The highest BCUT2D eigenvalue weighted by atomic mass is 35.5. The quantitative estimate of drug-likeness (QED) is 0.706. The van der Waals surface area contributed by atoms with E-state index in [-0.39, 0.29) is 5.52 Å². The van der Waals surface area contributed by atoms with Crippen molar-refractivity contribution in [3.05, 3.63) is 64.7 Å². The molecule has 2 heterocycles. The monoisotopic (exact) mass is 337 g/mol. The number of fused-ring (bicyclic) bond motifs is 1. The van der Waals surface area contributed by atoms with Crippen LogP contribution in [0.15, 0.2) is 48.3 Å². The van der Waals surface area contributed by atoms with Gasteiger partial charge in [0.15, 0.2) is 0 Å². The number of likely N-dealkylation sites (tertiary alicyclic amines) is 1. The standard InChI is InChI=1S/C19H20ClN3/c20-16-9-7-15(8-10-16)13-23-18-6-2-1-5-17(18)21-19(23)14-22-11-3-4-12-22/h1-2,5-10H,3-4,11-14H2/i1D,2D,5D,6D,7D,8D,9D,10D,13D2,14D2. The Labute approximate surface area is 158 Å². The zero-order valence-corrected chi connectivity index (χ0v) is 12.8. The van der Waals surface area contributed by atoms with E-state index < -0.39 is 83.3 Å². The maximum absolute atomic E-state index is 8.94. The Bertz CT molecular complexity index is 1330. The Hall–Kier alpha value is -1.84. The topological polar surface area (TPSA) is 21.1 Å². The summed E-state index contributed by atoms with van der Waals surface area (Å²) >= 11 is 5.88. The van der Waals surface area contributed by atoms with Gasteiger partial charge in [-0.2, -0.15) is 0 Å². The minimum atomic E-state index is -3.01. The van der Waals surface area contributed by atoms with Crippen LogP contribution in [0.5, 0.6) is 0 Å². The first kappa shape index (κ1) is 6.58. The highest BCUT2D eigenvalue weighted by Crippen LogP contribution is 2.21. The largest absolute Gasteiger partial charge is 0.322 e. The minimum Gasteiger partial charge on any atom is -0.322 e. The summed E-state index contributed by atoms with van der Waals surface area (Å²) in [6.07, 6.45) is 1.37. The van der Waals surface area contributed by atoms with Gasteiger partial charge in [-0.3, -0.25) is 4.90 Å². The molecule has 3 nitrogen and oxygen atoms in total. The van der Waals surface area contributed by atoms with Crippen LogP contribution < -0.4 is 0 Å². The fourth-order valence-corrected chi connectivity index (χ4v) is 2.52. The van der Waals surface area contributed by atoms with Crippen LogP contribution in [0.3, 0.4) is 0 Å². The van der Waals surface area contributed by atoms with Crippen molar-refractivity contribution in [1.29, 1.82) is 0 Å². The lowest BCUT2D eigenvalue weighted by atomic mass is 10.2. The fourth-order valence-electron chi connectivity index (χ4n) is 2.42. The number of benzene rings is 2. The Morgan fingerprint density at radius 2 is 1.78 bits per heavy atom. The summed E-state index contributed by atoms with van der Waals surface area (Å²) in [4.78, 5) is 5.57. The molecule has 1 aliphatic rings. The van der Waals surface area contributed by atoms with Gasteiger partial charge in [-0.05, 0) is 55.7 Å². The molecule has 0 unspecified atom stereocenters. The number of hydrogen-bond donors (Lipinski definition) is 0. The molecule has 0 bridgehead atoms. The van der Waals surface area contributed by atoms with Gasteiger partial charge in [0.05, 0.1) is 34.0 Å². The van der Waals surface area contributed by atoms with Crippen LogP contribution in [0.2, 0.25) is 5.02 Å². The molecule has 3 aromatic rings. The number of nitrogens with zero attached hydrogens (tertiary/aromatic N) is 3. The number of hydrogen-bond acceptors (Lipinski definition) is 2. The number of rotatable bonds is 4. The molecular formula is C19H20ClN3. The van der Waals surface area contributed by atoms with Crippen molar-refractivity contribution in [2.24, 2.45) is 0 Å². The maximum atomic E-state index is 8.94. The van der Waals surface area contributed by atoms with Gasteiger partial charge in [0.2, 0.25) is 0 Å². The second-order valence-electron chi connectivity index (χ2n) is 5.07. The van der Waals surface area contributed by atoms with Gasteiger partial charge in [0, 0.05) is 11.5 Å². The van der Waals surface area contributed by atoms with Crippen molar-refractivity contribution >= 4 is 22.6 Å². The molecule has 2 aromatic carbocycles. The summed E-state index contributed by atoms with van der Waals surface area (Å²) in [6, 6.07) is -5.56. The van der Waals surface area contributed by atoms with Gasteiger partial charge >= 0.3 is 0 Å². The van der Waals surface area contributed by atoms with E-state index in [0.717, 1.165) is 0 Å². The van der Waals surface area contributed by atoms with E-state index in [1.807, 2.05) is 0 Å². The molecule has 4 rings (SSSR count). The van der Waals surface area contributed by atoms with Crippen LogP contribution in [0.4, 0.5) is 0 Å². The average molecular weight is 338 g/mol. The van der Waals surface area contributed by atoms with Crippen molar-refractivity contribution < 1.29 is 16.4 Å². The molecule has 1 fully saturated rings. The summed E-state index contributed by atoms with van der Waals surface area (Å²) in [7, 11) is 0. The lowest BCUT2D eigenvalue weighted by Crippen LogP contribution is -2.21. The zero-order chi connectivity index (χ0) is 26.2. The third kappa shape index (κ3) is 3.12. The molecule has 0 amide bonds. The number of imidazole rings is 1. The van der Waals surface area contributed by atoms with E-state index in [1.54, 1.807) is 0 Å². The van der Waals surface area contributed by atoms with E-state index in [0.29, 0.717) is 30.5 Å². The van der Waals surface area contributed by atoms with Gasteiger partial charge in [-0.15, -0.1) is 0 Å². The maximum Gasteiger partial charge on any atom is 0.124 e. The molecule has 0 aliphatic carbocycles. The van der Waals surface area contributed by atoms with Crippen LogP contribution in [-0.2, 0) is 13.0 Å². The van der Waals surface area contributed by atoms with Gasteiger partial charge in [0.1, 0.15) is 5.82 Å². The summed E-state index contributed by atoms with van der Waals surface area (Å²) in [5.41, 5.74) is -1.59. The van der Waals surface area contributed by atoms with Crippen molar-refractivity contribution in [1.82, 2.24) is 14.5 Å². The third-order valence-electron chi connectivity index (χ3n) is 3.48. The SMILES string of the molecule is [2H]c1c([2H])c(C([2H])([2H])n2c(C([2H])([2H])N3CCCC3)nc3c([2H])c([2H])c([2H])c([2H])c32)c([2H])c([2H])c1Cl. The highest BCUT2D eigenvalue weighted by molar-refractivity contribution is 6.30. The fraction of sp³-hybridized carbons (Fsp3) is 0.316. The molecule has 4 heteroatoms. The normalized spacial score (nSPS) is 24.2. The number of halogens is 1. The van der Waals surface area contributed by atoms with Crippen LogP contribution >= 0.6 is 11.6 Å². The predicted octanol–water partition coefficient (Wildman–Crippen LogP) is 4.33. The summed E-state index contributed by atoms with van der Waals surface area (Å²) in [5.74, 6) is -0.571. The zero-order valence-electron chi connectivity index (χ0n) is 24.0. The van der Waals surface area contributed by atoms with E-state index in [2.05, 4.69) is 4.98 Å². The smallest absolute Gasteiger partial charge is 0.124 e. The van der Waals surface area contributed by atoms with Crippen LogP contribution in [-0.4, -0.2) is 27.5 Å². The van der Waals surface area contributed by atoms with Crippen molar-refractivity contribution in [3.8, 4) is 0 Å². The molecule has 0 N–H and O–H groups in total. The Morgan fingerprint density at radius 1 is 1.04 bits per heavy atom. The lowest BCUT2D eigenvalue weighted by molar-refractivity contribution is 0.318. The second kappa shape index (κ2) is 6.34. The van der Waals surface area contributed by atoms with Gasteiger partial charge in [0.25, 0.3) is 0 Å². The molecule has 1 aromatic heterocycles. The molecule has 1 aliphatic heterocycles. The first-order chi connectivity index (χ1) is 16.2. The van der Waals surface area contributed by atoms with Crippen molar-refractivity contribution in [3.63, 3.8) is 0 Å². The van der Waals surface area contributed by atoms with Crippen LogP contribution in [0, 0.1) is 0 Å². The van der Waals surface area contributed by atoms with E-state index in [4.69, 9.17) is 28.1 Å². The minimum absolute atomic E-state index is 0.329. The number of aromatic nitrogens is 2. The molecule has 0 spiro atoms. The summed E-state index contributed by atoms with van der Waals surface area (Å²) < 4.78 is 101. The highest BCUT2D eigenvalue weighted by Gasteiger charge is 2.17. The molecule has 1 saturated heterocycles. The third-order valence-corrected chi connectivity index (χ3v) is 3.67. The van der Waals surface area contributed by atoms with E-state index in [1.165, 1.54) is 4.90 Å². The average Bonchev–Trinajstić information content (AvgIpc) is 3.48. The molecular weight excluding hydrogens is 306 g/mol. The number of para-hydroxylation sites is 2. The van der Waals surface area contributed by atoms with Gasteiger partial charge in [-0.1, -0.05) is 35.8 Å². The molecule has 23 heavy (non-hydrogen) atoms. The lowest BCUT2D eigenvalue weighted by Gasteiger charge is -2.16. The van der Waals surface area contributed by atoms with Crippen LogP contribution in [0.25, 0.3) is 11.0 Å². The van der Waals surface area contributed by atoms with Crippen molar-refractivity contribution in [2.45, 2.75) is 25.8 Å². The van der Waals surface area contributed by atoms with E-state index >= 15 is 0 Å². The molecule has 0 atom stereocenters. The molecule has 0 radical (unpaired) electrons. The Balaban J connectivity index is 2.18. The van der Waals surface area contributed by atoms with Crippen LogP contribution in [0.1, 0.15) is 40.7 Å². The predicted molar refractivity (Wildman–Crippen MR) is 94.8 cm³/mol. The van der Waals surface area contributed by atoms with E-state index in [9.17, 15) is 0 Å². The van der Waals surface area contributed by atoms with Gasteiger partial charge in [-0.25, -0.2) is 4.98 Å². The Kier molecular flexibility index (Phi) is 1.81. The molecule has 118 valence electrons. The first-order valence-electron chi connectivity index (χ1n) is 13.2. The second-order valence-corrected chi connectivity index (χ2v) is 5.45. The molecule has 0 saturated carbocycles. The first-order valence-corrected chi connectivity index (χ1v) is 7.54. The van der Waals surface area contributed by atoms with Crippen molar-refractivity contribution in [2.75, 3.05) is 13.1 Å². The summed E-state index contributed by atoms with van der Waals surface area (Å²) in [5, 5.41) is -0.510. The van der Waals surface area contributed by atoms with Gasteiger partial charge < -0.3 is 4.57 Å².